The molecule has 0 bridgehead atoms. The van der Waals surface area contributed by atoms with E-state index in [0.29, 0.717) is 6.54 Å². The van der Waals surface area contributed by atoms with Gasteiger partial charge in [0.15, 0.2) is 0 Å². The van der Waals surface area contributed by atoms with Crippen LogP contribution in [0.3, 0.4) is 0 Å². The summed E-state index contributed by atoms with van der Waals surface area (Å²) in [5, 5.41) is 3.01. The summed E-state index contributed by atoms with van der Waals surface area (Å²) in [6, 6.07) is 10.4. The largest absolute Gasteiger partial charge is 0.353 e. The molecular formula is C17H24N4O. The molecule has 1 aromatic carbocycles. The van der Waals surface area contributed by atoms with Crippen molar-refractivity contribution < 1.29 is 4.79 Å². The highest BCUT2D eigenvalue weighted by Gasteiger charge is 2.16. The summed E-state index contributed by atoms with van der Waals surface area (Å²) in [6.07, 6.45) is 5.14. The zero-order valence-corrected chi connectivity index (χ0v) is 13.4. The molecule has 0 aliphatic carbocycles. The third kappa shape index (κ3) is 4.43. The minimum Gasteiger partial charge on any atom is -0.353 e. The van der Waals surface area contributed by atoms with Gasteiger partial charge in [-0.1, -0.05) is 30.3 Å². The van der Waals surface area contributed by atoms with E-state index in [1.165, 1.54) is 5.56 Å². The Morgan fingerprint density at radius 1 is 1.32 bits per heavy atom. The molecule has 0 radical (unpaired) electrons. The molecule has 2 atom stereocenters. The number of rotatable bonds is 7. The fourth-order valence-corrected chi connectivity index (χ4v) is 2.21. The van der Waals surface area contributed by atoms with E-state index in [4.69, 9.17) is 0 Å². The van der Waals surface area contributed by atoms with Crippen molar-refractivity contribution in [2.24, 2.45) is 0 Å². The molecule has 0 saturated heterocycles. The number of nitrogens with one attached hydrogen (secondary N) is 1. The van der Waals surface area contributed by atoms with Gasteiger partial charge in [0.2, 0.25) is 5.91 Å². The molecule has 2 unspecified atom stereocenters. The average Bonchev–Trinajstić information content (AvgIpc) is 3.06. The lowest BCUT2D eigenvalue weighted by Crippen LogP contribution is -2.41. The minimum atomic E-state index is -0.242. The second kappa shape index (κ2) is 7.75. The molecule has 1 aromatic heterocycles. The van der Waals surface area contributed by atoms with E-state index in [-0.39, 0.29) is 18.0 Å². The lowest BCUT2D eigenvalue weighted by molar-refractivity contribution is -0.124. The first kappa shape index (κ1) is 16.2. The molecular weight excluding hydrogens is 276 g/mol. The third-order valence-electron chi connectivity index (χ3n) is 3.95. The summed E-state index contributed by atoms with van der Waals surface area (Å²) in [6.45, 7) is 5.48. The van der Waals surface area contributed by atoms with Gasteiger partial charge in [0.25, 0.3) is 0 Å². The fraction of sp³-hybridized carbons (Fsp3) is 0.412. The summed E-state index contributed by atoms with van der Waals surface area (Å²) in [7, 11) is 2.07. The first-order chi connectivity index (χ1) is 10.6. The van der Waals surface area contributed by atoms with Gasteiger partial charge in [-0.05, 0) is 26.5 Å². The molecule has 0 saturated carbocycles. The molecule has 0 aliphatic rings. The Kier molecular flexibility index (Phi) is 5.72. The van der Waals surface area contributed by atoms with E-state index < -0.39 is 0 Å². The first-order valence-electron chi connectivity index (χ1n) is 7.57. The maximum absolute atomic E-state index is 12.1. The number of aromatic nitrogens is 2. The van der Waals surface area contributed by atoms with Crippen molar-refractivity contribution in [1.82, 2.24) is 19.8 Å². The molecule has 1 N–H and O–H groups in total. The smallest absolute Gasteiger partial charge is 0.242 e. The molecule has 0 aliphatic heterocycles. The first-order valence-corrected chi connectivity index (χ1v) is 7.57. The van der Waals surface area contributed by atoms with Crippen LogP contribution < -0.4 is 5.32 Å². The predicted molar refractivity (Wildman–Crippen MR) is 87.3 cm³/mol. The van der Waals surface area contributed by atoms with Crippen LogP contribution in [0.4, 0.5) is 0 Å². The molecule has 2 aromatic rings. The quantitative estimate of drug-likeness (QED) is 0.852. The van der Waals surface area contributed by atoms with Crippen LogP contribution >= 0.6 is 0 Å². The Bertz CT molecular complexity index is 568. The lowest BCUT2D eigenvalue weighted by atomic mass is 10.2. The second-order valence-electron chi connectivity index (χ2n) is 5.68. The summed E-state index contributed by atoms with van der Waals surface area (Å²) in [4.78, 5) is 18.4. The number of imidazole rings is 1. The molecule has 22 heavy (non-hydrogen) atoms. The van der Waals surface area contributed by atoms with Crippen LogP contribution in [0.2, 0.25) is 0 Å². The van der Waals surface area contributed by atoms with E-state index in [0.717, 1.165) is 6.54 Å². The monoisotopic (exact) mass is 300 g/mol. The van der Waals surface area contributed by atoms with Crippen LogP contribution in [0, 0.1) is 0 Å². The Morgan fingerprint density at radius 2 is 2.05 bits per heavy atom. The van der Waals surface area contributed by atoms with Crippen molar-refractivity contribution in [3.05, 3.63) is 54.6 Å². The molecule has 0 fully saturated rings. The number of likely N-dealkylation sites (N-methyl/N-ethyl adjacent to an activating group) is 1. The zero-order valence-electron chi connectivity index (χ0n) is 13.4. The van der Waals surface area contributed by atoms with Crippen LogP contribution in [0.5, 0.6) is 0 Å². The zero-order chi connectivity index (χ0) is 15.9. The predicted octanol–water partition coefficient (Wildman–Crippen LogP) is 2.08. The van der Waals surface area contributed by atoms with Gasteiger partial charge in [0.1, 0.15) is 6.04 Å². The average molecular weight is 300 g/mol. The van der Waals surface area contributed by atoms with Gasteiger partial charge in [-0.15, -0.1) is 0 Å². The molecule has 1 heterocycles. The van der Waals surface area contributed by atoms with Gasteiger partial charge in [0.05, 0.1) is 6.33 Å². The van der Waals surface area contributed by atoms with Gasteiger partial charge in [0, 0.05) is 31.5 Å². The number of amides is 1. The normalized spacial score (nSPS) is 13.8. The van der Waals surface area contributed by atoms with E-state index in [1.807, 2.05) is 25.1 Å². The Labute approximate surface area is 132 Å². The van der Waals surface area contributed by atoms with Crippen molar-refractivity contribution >= 4 is 5.91 Å². The number of nitrogens with zero attached hydrogens (tertiary/aromatic N) is 3. The van der Waals surface area contributed by atoms with Crippen LogP contribution in [-0.4, -0.2) is 40.0 Å². The maximum atomic E-state index is 12.1. The van der Waals surface area contributed by atoms with Crippen molar-refractivity contribution in [3.63, 3.8) is 0 Å². The van der Waals surface area contributed by atoms with Crippen molar-refractivity contribution in [1.29, 1.82) is 0 Å². The fourth-order valence-electron chi connectivity index (χ4n) is 2.21. The number of hydrogen-bond donors (Lipinski definition) is 1. The lowest BCUT2D eigenvalue weighted by Gasteiger charge is -2.25. The Balaban J connectivity index is 1.79. The molecule has 5 heteroatoms. The van der Waals surface area contributed by atoms with E-state index in [2.05, 4.69) is 41.3 Å². The van der Waals surface area contributed by atoms with Gasteiger partial charge in [-0.3, -0.25) is 9.69 Å². The number of carbonyl (C=O) groups excluding carboxylic acids is 1. The highest BCUT2D eigenvalue weighted by molar-refractivity contribution is 5.79. The summed E-state index contributed by atoms with van der Waals surface area (Å²) >= 11 is 0. The molecule has 1 amide bonds. The van der Waals surface area contributed by atoms with Crippen LogP contribution in [0.1, 0.15) is 25.5 Å². The highest BCUT2D eigenvalue weighted by atomic mass is 16.2. The molecule has 5 nitrogen and oxygen atoms in total. The van der Waals surface area contributed by atoms with Crippen molar-refractivity contribution in [2.75, 3.05) is 13.6 Å². The summed E-state index contributed by atoms with van der Waals surface area (Å²) < 4.78 is 1.80. The number of hydrogen-bond acceptors (Lipinski definition) is 3. The Hall–Kier alpha value is -2.14. The second-order valence-corrected chi connectivity index (χ2v) is 5.68. The van der Waals surface area contributed by atoms with Crippen LogP contribution in [0.25, 0.3) is 0 Å². The molecule has 0 spiro atoms. The maximum Gasteiger partial charge on any atom is 0.242 e. The standard InChI is InChI=1S/C17H24N4O/c1-14(20(3)12-16-7-5-4-6-8-16)11-19-17(22)15(2)21-10-9-18-13-21/h4-10,13-15H,11-12H2,1-3H3,(H,19,22). The van der Waals surface area contributed by atoms with Crippen molar-refractivity contribution in [3.8, 4) is 0 Å². The van der Waals surface area contributed by atoms with Gasteiger partial charge < -0.3 is 9.88 Å². The third-order valence-corrected chi connectivity index (χ3v) is 3.95. The summed E-state index contributed by atoms with van der Waals surface area (Å²) in [5.41, 5.74) is 1.27. The van der Waals surface area contributed by atoms with E-state index in [9.17, 15) is 4.79 Å². The van der Waals surface area contributed by atoms with Crippen molar-refractivity contribution in [2.45, 2.75) is 32.5 Å². The topological polar surface area (TPSA) is 50.2 Å². The van der Waals surface area contributed by atoms with Gasteiger partial charge in [-0.25, -0.2) is 4.98 Å². The van der Waals surface area contributed by atoms with Gasteiger partial charge >= 0.3 is 0 Å². The van der Waals surface area contributed by atoms with Gasteiger partial charge in [-0.2, -0.15) is 0 Å². The Morgan fingerprint density at radius 3 is 2.68 bits per heavy atom. The highest BCUT2D eigenvalue weighted by Crippen LogP contribution is 2.07. The minimum absolute atomic E-state index is 0.0120. The summed E-state index contributed by atoms with van der Waals surface area (Å²) in [5.74, 6) is 0.0120. The van der Waals surface area contributed by atoms with Crippen LogP contribution in [0.15, 0.2) is 49.1 Å². The van der Waals surface area contributed by atoms with Crippen LogP contribution in [-0.2, 0) is 11.3 Å². The van der Waals surface area contributed by atoms with E-state index in [1.54, 1.807) is 23.3 Å². The SMILES string of the molecule is CC(CNC(=O)C(C)n1ccnc1)N(C)Cc1ccccc1. The molecule has 118 valence electrons. The number of benzene rings is 1. The molecule has 2 rings (SSSR count). The number of carbonyl (C=O) groups is 1. The van der Waals surface area contributed by atoms with E-state index >= 15 is 0 Å².